The predicted molar refractivity (Wildman–Crippen MR) is 55.7 cm³/mol. The van der Waals surface area contributed by atoms with E-state index in [4.69, 9.17) is 5.73 Å². The molecule has 0 saturated carbocycles. The summed E-state index contributed by atoms with van der Waals surface area (Å²) in [5.74, 6) is -0.772. The fraction of sp³-hybridized carbons (Fsp3) is 0.900. The third-order valence-electron chi connectivity index (χ3n) is 2.42. The second-order valence-electron chi connectivity index (χ2n) is 4.61. The minimum atomic E-state index is -4.73. The Balaban J connectivity index is 4.55. The molecule has 1 amide bonds. The molecule has 16 heavy (non-hydrogen) atoms. The fourth-order valence-electron chi connectivity index (χ4n) is 1.07. The molecule has 0 aromatic carbocycles. The van der Waals surface area contributed by atoms with Crippen LogP contribution in [-0.4, -0.2) is 36.1 Å². The summed E-state index contributed by atoms with van der Waals surface area (Å²) in [5.41, 5.74) is 2.22. The third-order valence-corrected chi connectivity index (χ3v) is 2.42. The van der Waals surface area contributed by atoms with Gasteiger partial charge in [0, 0.05) is 13.6 Å². The predicted octanol–water partition coefficient (Wildman–Crippen LogP) is 1.77. The minimum absolute atomic E-state index is 0.277. The first-order valence-corrected chi connectivity index (χ1v) is 5.11. The third kappa shape index (κ3) is 3.66. The molecular formula is C10H19F3N2O. The van der Waals surface area contributed by atoms with Crippen LogP contribution in [0.2, 0.25) is 0 Å². The first-order valence-electron chi connectivity index (χ1n) is 5.11. The van der Waals surface area contributed by atoms with E-state index in [0.717, 1.165) is 4.90 Å². The quantitative estimate of drug-likeness (QED) is 0.814. The molecule has 6 heteroatoms. The lowest BCUT2D eigenvalue weighted by atomic mass is 10.0. The lowest BCUT2D eigenvalue weighted by Gasteiger charge is -2.31. The Labute approximate surface area is 93.8 Å². The number of nitrogens with two attached hydrogens (primary N) is 1. The lowest BCUT2D eigenvalue weighted by molar-refractivity contribution is -0.193. The van der Waals surface area contributed by atoms with Crippen LogP contribution in [0.5, 0.6) is 0 Å². The van der Waals surface area contributed by atoms with Crippen molar-refractivity contribution in [3.63, 3.8) is 0 Å². The fourth-order valence-corrected chi connectivity index (χ4v) is 1.07. The maximum atomic E-state index is 12.5. The van der Waals surface area contributed by atoms with Gasteiger partial charge in [-0.1, -0.05) is 13.8 Å². The molecule has 0 rings (SSSR count). The van der Waals surface area contributed by atoms with E-state index < -0.39 is 17.6 Å². The van der Waals surface area contributed by atoms with Gasteiger partial charge in [-0.05, 0) is 19.3 Å². The maximum Gasteiger partial charge on any atom is 0.415 e. The molecule has 1 atom stereocenters. The number of carbonyl (C=O) groups is 1. The van der Waals surface area contributed by atoms with Gasteiger partial charge >= 0.3 is 6.18 Å². The van der Waals surface area contributed by atoms with Crippen molar-refractivity contribution in [3.05, 3.63) is 0 Å². The van der Waals surface area contributed by atoms with Crippen LogP contribution >= 0.6 is 0 Å². The first-order chi connectivity index (χ1) is 7.00. The van der Waals surface area contributed by atoms with Crippen LogP contribution in [0.3, 0.4) is 0 Å². The summed E-state index contributed by atoms with van der Waals surface area (Å²) >= 11 is 0. The Morgan fingerprint density at radius 1 is 1.38 bits per heavy atom. The SMILES string of the molecule is CC(C)CCN(C)C(=O)C(C)(N)C(F)(F)F. The molecule has 0 aromatic heterocycles. The van der Waals surface area contributed by atoms with Crippen LogP contribution in [0, 0.1) is 5.92 Å². The Kier molecular flexibility index (Phi) is 4.79. The molecule has 0 radical (unpaired) electrons. The van der Waals surface area contributed by atoms with Crippen LogP contribution in [0.25, 0.3) is 0 Å². The summed E-state index contributed by atoms with van der Waals surface area (Å²) in [5, 5.41) is 0. The number of amides is 1. The zero-order chi connectivity index (χ0) is 13.1. The molecule has 0 saturated heterocycles. The molecule has 0 fully saturated rings. The van der Waals surface area contributed by atoms with Gasteiger partial charge in [0.1, 0.15) is 0 Å². The van der Waals surface area contributed by atoms with Gasteiger partial charge in [-0.3, -0.25) is 4.79 Å². The standard InChI is InChI=1S/C10H19F3N2O/c1-7(2)5-6-15(4)8(16)9(3,14)10(11,12)13/h7H,5-6,14H2,1-4H3. The molecule has 0 spiro atoms. The summed E-state index contributed by atoms with van der Waals surface area (Å²) in [4.78, 5) is 12.5. The number of halogens is 3. The van der Waals surface area contributed by atoms with Crippen molar-refractivity contribution in [2.75, 3.05) is 13.6 Å². The van der Waals surface area contributed by atoms with Gasteiger partial charge in [-0.25, -0.2) is 0 Å². The van der Waals surface area contributed by atoms with Crippen LogP contribution in [0.15, 0.2) is 0 Å². The number of hydrogen-bond acceptors (Lipinski definition) is 2. The molecule has 0 aliphatic rings. The van der Waals surface area contributed by atoms with Crippen LogP contribution < -0.4 is 5.73 Å². The van der Waals surface area contributed by atoms with Gasteiger partial charge in [0.2, 0.25) is 0 Å². The lowest BCUT2D eigenvalue weighted by Crippen LogP contribution is -2.61. The zero-order valence-corrected chi connectivity index (χ0v) is 10.1. The number of hydrogen-bond donors (Lipinski definition) is 1. The van der Waals surface area contributed by atoms with E-state index in [1.54, 1.807) is 0 Å². The molecule has 1 unspecified atom stereocenters. The number of rotatable bonds is 4. The Hall–Kier alpha value is -0.780. The van der Waals surface area contributed by atoms with Gasteiger partial charge in [-0.2, -0.15) is 13.2 Å². The summed E-state index contributed by atoms with van der Waals surface area (Å²) in [6.45, 7) is 4.84. The van der Waals surface area contributed by atoms with Gasteiger partial charge < -0.3 is 10.6 Å². The van der Waals surface area contributed by atoms with E-state index >= 15 is 0 Å². The normalized spacial score (nSPS) is 16.1. The first kappa shape index (κ1) is 15.2. The second-order valence-corrected chi connectivity index (χ2v) is 4.61. The monoisotopic (exact) mass is 240 g/mol. The average molecular weight is 240 g/mol. The van der Waals surface area contributed by atoms with Crippen molar-refractivity contribution in [2.24, 2.45) is 11.7 Å². The molecule has 2 N–H and O–H groups in total. The molecule has 0 aromatic rings. The highest BCUT2D eigenvalue weighted by Gasteiger charge is 2.54. The van der Waals surface area contributed by atoms with E-state index in [2.05, 4.69) is 0 Å². The van der Waals surface area contributed by atoms with E-state index in [1.807, 2.05) is 13.8 Å². The largest absolute Gasteiger partial charge is 0.415 e. The Morgan fingerprint density at radius 3 is 2.12 bits per heavy atom. The van der Waals surface area contributed by atoms with Gasteiger partial charge in [-0.15, -0.1) is 0 Å². The molecule has 0 aliphatic heterocycles. The Morgan fingerprint density at radius 2 is 1.81 bits per heavy atom. The summed E-state index contributed by atoms with van der Waals surface area (Å²) in [6.07, 6.45) is -4.08. The molecule has 96 valence electrons. The molecular weight excluding hydrogens is 221 g/mol. The van der Waals surface area contributed by atoms with Crippen molar-refractivity contribution in [2.45, 2.75) is 38.9 Å². The molecule has 0 heterocycles. The number of nitrogens with zero attached hydrogens (tertiary/aromatic N) is 1. The highest BCUT2D eigenvalue weighted by molar-refractivity contribution is 5.86. The average Bonchev–Trinajstić information content (AvgIpc) is 2.10. The van der Waals surface area contributed by atoms with E-state index in [1.165, 1.54) is 7.05 Å². The van der Waals surface area contributed by atoms with Crippen molar-refractivity contribution in [1.82, 2.24) is 4.90 Å². The topological polar surface area (TPSA) is 46.3 Å². The molecule has 3 nitrogen and oxygen atoms in total. The van der Waals surface area contributed by atoms with E-state index in [0.29, 0.717) is 19.3 Å². The van der Waals surface area contributed by atoms with Crippen molar-refractivity contribution in [3.8, 4) is 0 Å². The summed E-state index contributed by atoms with van der Waals surface area (Å²) < 4.78 is 37.4. The second kappa shape index (κ2) is 5.03. The Bertz CT molecular complexity index is 249. The van der Waals surface area contributed by atoms with Crippen molar-refractivity contribution >= 4 is 5.91 Å². The number of alkyl halides is 3. The highest BCUT2D eigenvalue weighted by atomic mass is 19.4. The van der Waals surface area contributed by atoms with Crippen LogP contribution in [0.1, 0.15) is 27.2 Å². The summed E-state index contributed by atoms with van der Waals surface area (Å²) in [6, 6.07) is 0. The van der Waals surface area contributed by atoms with Crippen molar-refractivity contribution < 1.29 is 18.0 Å². The smallest absolute Gasteiger partial charge is 0.344 e. The van der Waals surface area contributed by atoms with Crippen LogP contribution in [-0.2, 0) is 4.79 Å². The number of carbonyl (C=O) groups excluding carboxylic acids is 1. The van der Waals surface area contributed by atoms with E-state index in [9.17, 15) is 18.0 Å². The minimum Gasteiger partial charge on any atom is -0.344 e. The zero-order valence-electron chi connectivity index (χ0n) is 10.1. The summed E-state index contributed by atoms with van der Waals surface area (Å²) in [7, 11) is 1.33. The molecule has 0 aliphatic carbocycles. The molecule has 0 bridgehead atoms. The van der Waals surface area contributed by atoms with E-state index in [-0.39, 0.29) is 6.54 Å². The van der Waals surface area contributed by atoms with Gasteiger partial charge in [0.15, 0.2) is 5.54 Å². The van der Waals surface area contributed by atoms with Crippen LogP contribution in [0.4, 0.5) is 13.2 Å². The van der Waals surface area contributed by atoms with Gasteiger partial charge in [0.25, 0.3) is 5.91 Å². The number of likely N-dealkylation sites (N-methyl/N-ethyl adjacent to an activating group) is 1. The highest BCUT2D eigenvalue weighted by Crippen LogP contribution is 2.29. The van der Waals surface area contributed by atoms with Crippen molar-refractivity contribution in [1.29, 1.82) is 0 Å². The maximum absolute atomic E-state index is 12.5. The van der Waals surface area contributed by atoms with Gasteiger partial charge in [0.05, 0.1) is 0 Å².